The molecule has 0 saturated carbocycles. The van der Waals surface area contributed by atoms with Crippen LogP contribution in [0.5, 0.6) is 0 Å². The Morgan fingerprint density at radius 3 is 2.83 bits per heavy atom. The molecule has 0 radical (unpaired) electrons. The number of hydrogen-bond acceptors (Lipinski definition) is 4. The van der Waals surface area contributed by atoms with E-state index in [2.05, 4.69) is 10.3 Å². The Morgan fingerprint density at radius 2 is 2.09 bits per heavy atom. The van der Waals surface area contributed by atoms with Crippen molar-refractivity contribution in [1.82, 2.24) is 4.98 Å². The molecule has 6 heteroatoms. The largest absolute Gasteiger partial charge is 0.298 e. The summed E-state index contributed by atoms with van der Waals surface area (Å²) < 4.78 is 12.9. The standard InChI is InChI=1S/C17H13FN2OS2/c18-13-5-3-12(4-6-13)10-15-11-19-17(23-15)20-16(21)8-7-14-2-1-9-22-14/h1-9,11H,10H2,(H,19,20,21)/b8-7+. The van der Waals surface area contributed by atoms with E-state index in [1.807, 2.05) is 17.5 Å². The fourth-order valence-corrected chi connectivity index (χ4v) is 3.41. The number of nitrogens with one attached hydrogen (secondary N) is 1. The van der Waals surface area contributed by atoms with Crippen molar-refractivity contribution in [2.45, 2.75) is 6.42 Å². The van der Waals surface area contributed by atoms with Gasteiger partial charge in [0.05, 0.1) is 0 Å². The van der Waals surface area contributed by atoms with Gasteiger partial charge in [0.25, 0.3) is 0 Å². The van der Waals surface area contributed by atoms with Gasteiger partial charge in [-0.05, 0) is 35.2 Å². The minimum atomic E-state index is -0.247. The molecule has 0 spiro atoms. The maximum absolute atomic E-state index is 12.9. The third kappa shape index (κ3) is 4.58. The second-order valence-electron chi connectivity index (χ2n) is 4.77. The van der Waals surface area contributed by atoms with Gasteiger partial charge in [0.1, 0.15) is 5.82 Å². The third-order valence-electron chi connectivity index (χ3n) is 3.02. The van der Waals surface area contributed by atoms with Gasteiger partial charge in [-0.3, -0.25) is 10.1 Å². The molecule has 116 valence electrons. The molecule has 0 aliphatic rings. The number of hydrogen-bond donors (Lipinski definition) is 1. The quantitative estimate of drug-likeness (QED) is 0.688. The maximum atomic E-state index is 12.9. The predicted molar refractivity (Wildman–Crippen MR) is 93.3 cm³/mol. The molecule has 1 N–H and O–H groups in total. The number of thiophene rings is 1. The second-order valence-corrected chi connectivity index (χ2v) is 6.87. The number of benzene rings is 1. The fourth-order valence-electron chi connectivity index (χ4n) is 1.94. The zero-order chi connectivity index (χ0) is 16.1. The molecule has 23 heavy (non-hydrogen) atoms. The summed E-state index contributed by atoms with van der Waals surface area (Å²) >= 11 is 2.99. The minimum Gasteiger partial charge on any atom is -0.298 e. The van der Waals surface area contributed by atoms with Gasteiger partial charge in [-0.1, -0.05) is 18.2 Å². The van der Waals surface area contributed by atoms with Gasteiger partial charge >= 0.3 is 0 Å². The molecule has 2 aromatic heterocycles. The van der Waals surface area contributed by atoms with Crippen molar-refractivity contribution in [1.29, 1.82) is 0 Å². The molecule has 1 aromatic carbocycles. The molecule has 3 aromatic rings. The Labute approximate surface area is 141 Å². The van der Waals surface area contributed by atoms with Crippen LogP contribution in [0, 0.1) is 5.82 Å². The van der Waals surface area contributed by atoms with Gasteiger partial charge in [0.15, 0.2) is 5.13 Å². The van der Waals surface area contributed by atoms with Crippen LogP contribution in [-0.4, -0.2) is 10.9 Å². The van der Waals surface area contributed by atoms with Crippen LogP contribution < -0.4 is 5.32 Å². The lowest BCUT2D eigenvalue weighted by molar-refractivity contribution is -0.111. The highest BCUT2D eigenvalue weighted by atomic mass is 32.1. The average molecular weight is 344 g/mol. The Morgan fingerprint density at radius 1 is 1.26 bits per heavy atom. The Hall–Kier alpha value is -2.31. The van der Waals surface area contributed by atoms with Gasteiger partial charge in [-0.2, -0.15) is 0 Å². The first kappa shape index (κ1) is 15.6. The molecular weight excluding hydrogens is 331 g/mol. The SMILES string of the molecule is O=C(/C=C/c1cccs1)Nc1ncc(Cc2ccc(F)cc2)s1. The van der Waals surface area contributed by atoms with Gasteiger partial charge in [-0.25, -0.2) is 9.37 Å². The average Bonchev–Trinajstić information content (AvgIpc) is 3.20. The lowest BCUT2D eigenvalue weighted by atomic mass is 10.1. The zero-order valence-electron chi connectivity index (χ0n) is 12.0. The summed E-state index contributed by atoms with van der Waals surface area (Å²) in [7, 11) is 0. The fraction of sp³-hybridized carbons (Fsp3) is 0.0588. The molecule has 0 aliphatic heterocycles. The predicted octanol–water partition coefficient (Wildman–Crippen LogP) is 4.59. The van der Waals surface area contributed by atoms with E-state index in [4.69, 9.17) is 0 Å². The van der Waals surface area contributed by atoms with Crippen molar-refractivity contribution in [3.8, 4) is 0 Å². The van der Waals surface area contributed by atoms with E-state index >= 15 is 0 Å². The van der Waals surface area contributed by atoms with Crippen molar-refractivity contribution in [2.75, 3.05) is 5.32 Å². The van der Waals surface area contributed by atoms with Crippen LogP contribution in [-0.2, 0) is 11.2 Å². The van der Waals surface area contributed by atoms with Crippen LogP contribution in [0.2, 0.25) is 0 Å². The van der Waals surface area contributed by atoms with Gasteiger partial charge in [0.2, 0.25) is 5.91 Å². The summed E-state index contributed by atoms with van der Waals surface area (Å²) in [4.78, 5) is 18.1. The monoisotopic (exact) mass is 344 g/mol. The van der Waals surface area contributed by atoms with E-state index < -0.39 is 0 Å². The first-order chi connectivity index (χ1) is 11.2. The highest BCUT2D eigenvalue weighted by Gasteiger charge is 2.05. The van der Waals surface area contributed by atoms with Crippen LogP contribution in [0.3, 0.4) is 0 Å². The van der Waals surface area contributed by atoms with Crippen LogP contribution in [0.25, 0.3) is 6.08 Å². The van der Waals surface area contributed by atoms with E-state index in [1.54, 1.807) is 35.7 Å². The lowest BCUT2D eigenvalue weighted by Gasteiger charge is -1.98. The molecule has 0 atom stereocenters. The molecule has 2 heterocycles. The molecule has 0 aliphatic carbocycles. The Bertz CT molecular complexity index is 808. The summed E-state index contributed by atoms with van der Waals surface area (Å²) in [5.41, 5.74) is 1.01. The van der Waals surface area contributed by atoms with Crippen LogP contribution in [0.4, 0.5) is 9.52 Å². The van der Waals surface area contributed by atoms with Gasteiger partial charge < -0.3 is 0 Å². The third-order valence-corrected chi connectivity index (χ3v) is 4.77. The maximum Gasteiger partial charge on any atom is 0.250 e. The number of amides is 1. The van der Waals surface area contributed by atoms with E-state index in [9.17, 15) is 9.18 Å². The Balaban J connectivity index is 1.58. The molecule has 3 nitrogen and oxygen atoms in total. The molecule has 0 bridgehead atoms. The minimum absolute atomic E-state index is 0.207. The number of carbonyl (C=O) groups is 1. The van der Waals surface area contributed by atoms with Crippen LogP contribution in [0.15, 0.2) is 54.1 Å². The summed E-state index contributed by atoms with van der Waals surface area (Å²) in [5.74, 6) is -0.454. The van der Waals surface area contributed by atoms with Gasteiger partial charge in [-0.15, -0.1) is 22.7 Å². The highest BCUT2D eigenvalue weighted by Crippen LogP contribution is 2.21. The molecule has 0 unspecified atom stereocenters. The van der Waals surface area contributed by atoms with E-state index in [0.29, 0.717) is 11.6 Å². The summed E-state index contributed by atoms with van der Waals surface area (Å²) in [6, 6.07) is 10.3. The lowest BCUT2D eigenvalue weighted by Crippen LogP contribution is -2.06. The normalized spacial score (nSPS) is 11.0. The van der Waals surface area contributed by atoms with Gasteiger partial charge in [0, 0.05) is 28.4 Å². The van der Waals surface area contributed by atoms with Crippen LogP contribution in [0.1, 0.15) is 15.3 Å². The number of halogens is 1. The van der Waals surface area contributed by atoms with Crippen molar-refractivity contribution in [3.63, 3.8) is 0 Å². The van der Waals surface area contributed by atoms with Crippen LogP contribution >= 0.6 is 22.7 Å². The van der Waals surface area contributed by atoms with Crippen molar-refractivity contribution >= 4 is 39.8 Å². The van der Waals surface area contributed by atoms with E-state index in [-0.39, 0.29) is 11.7 Å². The molecular formula is C17H13FN2OS2. The number of thiazole rings is 1. The van der Waals surface area contributed by atoms with Crippen molar-refractivity contribution in [2.24, 2.45) is 0 Å². The van der Waals surface area contributed by atoms with E-state index in [0.717, 1.165) is 15.3 Å². The number of nitrogens with zero attached hydrogens (tertiary/aromatic N) is 1. The van der Waals surface area contributed by atoms with E-state index in [1.165, 1.54) is 29.5 Å². The summed E-state index contributed by atoms with van der Waals surface area (Å²) in [6.45, 7) is 0. The number of aromatic nitrogens is 1. The second kappa shape index (κ2) is 7.30. The number of carbonyl (C=O) groups excluding carboxylic acids is 1. The number of rotatable bonds is 5. The summed E-state index contributed by atoms with van der Waals surface area (Å²) in [5, 5.41) is 5.26. The first-order valence-electron chi connectivity index (χ1n) is 6.91. The zero-order valence-corrected chi connectivity index (χ0v) is 13.7. The molecule has 0 fully saturated rings. The summed E-state index contributed by atoms with van der Waals surface area (Å²) in [6.07, 6.45) is 5.66. The number of anilines is 1. The topological polar surface area (TPSA) is 42.0 Å². The smallest absolute Gasteiger partial charge is 0.250 e. The Kier molecular flexibility index (Phi) is 4.95. The molecule has 1 amide bonds. The van der Waals surface area contributed by atoms with Crippen molar-refractivity contribution < 1.29 is 9.18 Å². The molecule has 3 rings (SSSR count). The first-order valence-corrected chi connectivity index (χ1v) is 8.60. The molecule has 0 saturated heterocycles. The highest BCUT2D eigenvalue weighted by molar-refractivity contribution is 7.15. The van der Waals surface area contributed by atoms with Crippen molar-refractivity contribution in [3.05, 3.63) is 75.2 Å².